The largest absolute Gasteiger partial charge is 0.385 e. The monoisotopic (exact) mass is 288 g/mol. The van der Waals surface area contributed by atoms with Crippen LogP contribution in [0, 0.1) is 5.92 Å². The number of anilines is 1. The number of hydrogen-bond donors (Lipinski definition) is 1. The summed E-state index contributed by atoms with van der Waals surface area (Å²) in [5.74, 6) is 0.978. The number of nitrogens with one attached hydrogen (secondary N) is 1. The first-order chi connectivity index (χ1) is 10.3. The minimum absolute atomic E-state index is 0.0563. The second-order valence-corrected chi connectivity index (χ2v) is 6.00. The molecule has 1 N–H and O–H groups in total. The Morgan fingerprint density at radius 1 is 1.33 bits per heavy atom. The average molecular weight is 288 g/mol. The molecule has 1 saturated heterocycles. The SMILES string of the molecule is CCNc1ccnc(C(=O)N2CCN(CC3CC3)CC2)c1. The molecule has 21 heavy (non-hydrogen) atoms. The lowest BCUT2D eigenvalue weighted by atomic mass is 10.2. The summed E-state index contributed by atoms with van der Waals surface area (Å²) in [5.41, 5.74) is 1.51. The van der Waals surface area contributed by atoms with Gasteiger partial charge in [0.25, 0.3) is 5.91 Å². The summed E-state index contributed by atoms with van der Waals surface area (Å²) in [6.45, 7) is 7.73. The molecule has 1 saturated carbocycles. The van der Waals surface area contributed by atoms with Crippen molar-refractivity contribution in [1.82, 2.24) is 14.8 Å². The van der Waals surface area contributed by atoms with Crippen molar-refractivity contribution in [1.29, 1.82) is 0 Å². The number of pyridine rings is 1. The standard InChI is InChI=1S/C16H24N4O/c1-2-17-14-5-6-18-15(11-14)16(21)20-9-7-19(8-10-20)12-13-3-4-13/h5-6,11,13H,2-4,7-10,12H2,1H3,(H,17,18). The van der Waals surface area contributed by atoms with Crippen LogP contribution in [-0.2, 0) is 0 Å². The summed E-state index contributed by atoms with van der Waals surface area (Å²) in [5, 5.41) is 3.22. The molecule has 2 aliphatic rings. The molecular formula is C16H24N4O. The Bertz CT molecular complexity index is 493. The number of amides is 1. The smallest absolute Gasteiger partial charge is 0.272 e. The number of piperazine rings is 1. The van der Waals surface area contributed by atoms with Crippen LogP contribution in [0.4, 0.5) is 5.69 Å². The Balaban J connectivity index is 1.56. The van der Waals surface area contributed by atoms with Crippen LogP contribution in [0.15, 0.2) is 18.3 Å². The van der Waals surface area contributed by atoms with Gasteiger partial charge in [0.1, 0.15) is 5.69 Å². The molecule has 0 radical (unpaired) electrons. The zero-order chi connectivity index (χ0) is 14.7. The fraction of sp³-hybridized carbons (Fsp3) is 0.625. The van der Waals surface area contributed by atoms with Gasteiger partial charge in [-0.05, 0) is 37.8 Å². The maximum absolute atomic E-state index is 12.5. The first kappa shape index (κ1) is 14.3. The van der Waals surface area contributed by atoms with Gasteiger partial charge >= 0.3 is 0 Å². The third kappa shape index (κ3) is 3.73. The van der Waals surface area contributed by atoms with E-state index in [4.69, 9.17) is 0 Å². The lowest BCUT2D eigenvalue weighted by Gasteiger charge is -2.34. The number of aromatic nitrogens is 1. The highest BCUT2D eigenvalue weighted by atomic mass is 16.2. The molecular weight excluding hydrogens is 264 g/mol. The fourth-order valence-corrected chi connectivity index (χ4v) is 2.82. The maximum atomic E-state index is 12.5. The molecule has 0 unspecified atom stereocenters. The molecule has 1 aliphatic heterocycles. The van der Waals surface area contributed by atoms with Crippen molar-refractivity contribution in [3.63, 3.8) is 0 Å². The van der Waals surface area contributed by atoms with E-state index in [1.165, 1.54) is 19.4 Å². The minimum Gasteiger partial charge on any atom is -0.385 e. The molecule has 1 aliphatic carbocycles. The molecule has 5 heteroatoms. The van der Waals surface area contributed by atoms with Crippen LogP contribution in [0.2, 0.25) is 0 Å². The molecule has 0 aromatic carbocycles. The number of nitrogens with zero attached hydrogens (tertiary/aromatic N) is 3. The van der Waals surface area contributed by atoms with E-state index in [-0.39, 0.29) is 5.91 Å². The highest BCUT2D eigenvalue weighted by Gasteiger charge is 2.28. The maximum Gasteiger partial charge on any atom is 0.272 e. The second kappa shape index (κ2) is 6.43. The predicted molar refractivity (Wildman–Crippen MR) is 83.5 cm³/mol. The van der Waals surface area contributed by atoms with Gasteiger partial charge in [-0.3, -0.25) is 14.7 Å². The lowest BCUT2D eigenvalue weighted by molar-refractivity contribution is 0.0626. The summed E-state index contributed by atoms with van der Waals surface area (Å²) in [4.78, 5) is 21.2. The van der Waals surface area contributed by atoms with Gasteiger partial charge in [-0.2, -0.15) is 0 Å². The normalized spacial score (nSPS) is 19.6. The first-order valence-corrected chi connectivity index (χ1v) is 7.98. The summed E-state index contributed by atoms with van der Waals surface area (Å²) < 4.78 is 0. The van der Waals surface area contributed by atoms with E-state index < -0.39 is 0 Å². The molecule has 5 nitrogen and oxygen atoms in total. The summed E-state index contributed by atoms with van der Waals surface area (Å²) >= 11 is 0. The zero-order valence-corrected chi connectivity index (χ0v) is 12.7. The zero-order valence-electron chi connectivity index (χ0n) is 12.7. The number of hydrogen-bond acceptors (Lipinski definition) is 4. The average Bonchev–Trinajstić information content (AvgIpc) is 3.32. The Morgan fingerprint density at radius 3 is 2.76 bits per heavy atom. The highest BCUT2D eigenvalue weighted by molar-refractivity contribution is 5.93. The molecule has 0 spiro atoms. The predicted octanol–water partition coefficient (Wildman–Crippen LogP) is 1.68. The third-order valence-corrected chi connectivity index (χ3v) is 4.23. The van der Waals surface area contributed by atoms with Crippen LogP contribution in [0.3, 0.4) is 0 Å². The quantitative estimate of drug-likeness (QED) is 0.895. The van der Waals surface area contributed by atoms with E-state index in [0.717, 1.165) is 44.3 Å². The van der Waals surface area contributed by atoms with Crippen LogP contribution in [0.25, 0.3) is 0 Å². The number of carbonyl (C=O) groups is 1. The van der Waals surface area contributed by atoms with Crippen molar-refractivity contribution in [2.75, 3.05) is 44.6 Å². The summed E-state index contributed by atoms with van der Waals surface area (Å²) in [6.07, 6.45) is 4.48. The van der Waals surface area contributed by atoms with Gasteiger partial charge in [0.15, 0.2) is 0 Å². The summed E-state index contributed by atoms with van der Waals surface area (Å²) in [7, 11) is 0. The van der Waals surface area contributed by atoms with Crippen LogP contribution in [0.5, 0.6) is 0 Å². The van der Waals surface area contributed by atoms with E-state index in [1.54, 1.807) is 6.20 Å². The minimum atomic E-state index is 0.0563. The molecule has 1 aromatic rings. The van der Waals surface area contributed by atoms with Gasteiger partial charge in [0, 0.05) is 51.2 Å². The Kier molecular flexibility index (Phi) is 4.39. The van der Waals surface area contributed by atoms with Crippen LogP contribution >= 0.6 is 0 Å². The van der Waals surface area contributed by atoms with Crippen LogP contribution < -0.4 is 5.32 Å². The van der Waals surface area contributed by atoms with Gasteiger partial charge in [0.2, 0.25) is 0 Å². The lowest BCUT2D eigenvalue weighted by Crippen LogP contribution is -2.49. The highest BCUT2D eigenvalue weighted by Crippen LogP contribution is 2.29. The van der Waals surface area contributed by atoms with Gasteiger partial charge < -0.3 is 10.2 Å². The van der Waals surface area contributed by atoms with Crippen LogP contribution in [-0.4, -0.2) is 60.0 Å². The Morgan fingerprint density at radius 2 is 2.10 bits per heavy atom. The molecule has 114 valence electrons. The molecule has 1 aromatic heterocycles. The van der Waals surface area contributed by atoms with Crippen molar-refractivity contribution >= 4 is 11.6 Å². The third-order valence-electron chi connectivity index (χ3n) is 4.23. The molecule has 0 bridgehead atoms. The van der Waals surface area contributed by atoms with Crippen molar-refractivity contribution in [3.05, 3.63) is 24.0 Å². The molecule has 1 amide bonds. The van der Waals surface area contributed by atoms with Crippen LogP contribution in [0.1, 0.15) is 30.3 Å². The van der Waals surface area contributed by atoms with Gasteiger partial charge in [-0.1, -0.05) is 0 Å². The van der Waals surface area contributed by atoms with Crippen molar-refractivity contribution in [2.24, 2.45) is 5.92 Å². The molecule has 2 fully saturated rings. The molecule has 3 rings (SSSR count). The fourth-order valence-electron chi connectivity index (χ4n) is 2.82. The summed E-state index contributed by atoms with van der Waals surface area (Å²) in [6, 6.07) is 3.75. The topological polar surface area (TPSA) is 48.5 Å². The Hall–Kier alpha value is -1.62. The number of rotatable bonds is 5. The van der Waals surface area contributed by atoms with Crippen molar-refractivity contribution < 1.29 is 4.79 Å². The van der Waals surface area contributed by atoms with E-state index in [0.29, 0.717) is 5.69 Å². The van der Waals surface area contributed by atoms with E-state index in [2.05, 4.69) is 15.2 Å². The van der Waals surface area contributed by atoms with E-state index in [1.807, 2.05) is 24.0 Å². The van der Waals surface area contributed by atoms with Gasteiger partial charge in [-0.25, -0.2) is 0 Å². The first-order valence-electron chi connectivity index (χ1n) is 7.98. The molecule has 0 atom stereocenters. The van der Waals surface area contributed by atoms with Crippen molar-refractivity contribution in [3.8, 4) is 0 Å². The van der Waals surface area contributed by atoms with E-state index in [9.17, 15) is 4.79 Å². The molecule has 2 heterocycles. The van der Waals surface area contributed by atoms with Gasteiger partial charge in [-0.15, -0.1) is 0 Å². The van der Waals surface area contributed by atoms with E-state index >= 15 is 0 Å². The Labute approximate surface area is 126 Å². The number of carbonyl (C=O) groups excluding carboxylic acids is 1. The van der Waals surface area contributed by atoms with Gasteiger partial charge in [0.05, 0.1) is 0 Å². The van der Waals surface area contributed by atoms with Crippen molar-refractivity contribution in [2.45, 2.75) is 19.8 Å². The second-order valence-electron chi connectivity index (χ2n) is 6.00.